The first-order valence-electron chi connectivity index (χ1n) is 6.57. The molecule has 0 spiro atoms. The minimum absolute atomic E-state index is 0.174. The molecule has 1 unspecified atom stereocenters. The minimum atomic E-state index is -0.791. The van der Waals surface area contributed by atoms with Gasteiger partial charge in [-0.05, 0) is 12.1 Å². The van der Waals surface area contributed by atoms with Crippen molar-refractivity contribution in [3.8, 4) is 0 Å². The van der Waals surface area contributed by atoms with E-state index >= 15 is 0 Å². The second-order valence-electron chi connectivity index (χ2n) is 4.93. The summed E-state index contributed by atoms with van der Waals surface area (Å²) in [5, 5.41) is 1.27. The normalized spacial score (nSPS) is 23.6. The number of ether oxygens (including phenoxy) is 1. The number of benzene rings is 1. The molecule has 0 aliphatic carbocycles. The Morgan fingerprint density at radius 2 is 1.95 bits per heavy atom. The van der Waals surface area contributed by atoms with Crippen molar-refractivity contribution in [3.05, 3.63) is 35.9 Å². The van der Waals surface area contributed by atoms with E-state index in [1.807, 2.05) is 0 Å². The van der Waals surface area contributed by atoms with Gasteiger partial charge in [-0.2, -0.15) is 0 Å². The number of esters is 1. The molecular weight excluding hydrogens is 276 g/mol. The molecule has 2 fully saturated rings. The molecule has 2 amide bonds. The summed E-state index contributed by atoms with van der Waals surface area (Å²) in [6.45, 7) is 0.311. The van der Waals surface area contributed by atoms with Gasteiger partial charge >= 0.3 is 12.1 Å². The lowest BCUT2D eigenvalue weighted by Gasteiger charge is -2.30. The number of nitrogens with zero attached hydrogens (tertiary/aromatic N) is 2. The average molecular weight is 290 g/mol. The topological polar surface area (TPSA) is 76.2 Å². The van der Waals surface area contributed by atoms with Gasteiger partial charge in [-0.15, -0.1) is 0 Å². The fourth-order valence-corrected chi connectivity index (χ4v) is 2.76. The molecular formula is C14H14N2O5. The molecule has 2 bridgehead atoms. The number of hydroxylamine groups is 2. The van der Waals surface area contributed by atoms with Crippen LogP contribution >= 0.6 is 0 Å². The van der Waals surface area contributed by atoms with Crippen LogP contribution in [0.3, 0.4) is 0 Å². The Labute approximate surface area is 121 Å². The first-order valence-corrected chi connectivity index (χ1v) is 6.57. The zero-order valence-electron chi connectivity index (χ0n) is 11.4. The summed E-state index contributed by atoms with van der Waals surface area (Å²) < 4.78 is 4.83. The van der Waals surface area contributed by atoms with Gasteiger partial charge in [0.2, 0.25) is 0 Å². The molecule has 2 aliphatic heterocycles. The van der Waals surface area contributed by atoms with Crippen LogP contribution in [-0.2, 0) is 14.4 Å². The van der Waals surface area contributed by atoms with Gasteiger partial charge in [-0.3, -0.25) is 14.5 Å². The molecule has 0 N–H and O–H groups in total. The molecule has 2 heterocycles. The molecule has 1 aromatic carbocycles. The Bertz CT molecular complexity index is 588. The molecule has 1 aromatic rings. The summed E-state index contributed by atoms with van der Waals surface area (Å²) in [6.07, 6.45) is -0.290. The highest BCUT2D eigenvalue weighted by Gasteiger charge is 2.53. The quantitative estimate of drug-likeness (QED) is 0.595. The van der Waals surface area contributed by atoms with E-state index < -0.39 is 18.1 Å². The second kappa shape index (κ2) is 5.17. The summed E-state index contributed by atoms with van der Waals surface area (Å²) in [7, 11) is 1.42. The lowest BCUT2D eigenvalue weighted by Crippen LogP contribution is -2.52. The highest BCUT2D eigenvalue weighted by atomic mass is 16.7. The molecule has 110 valence electrons. The monoisotopic (exact) mass is 290 g/mol. The third-order valence-corrected chi connectivity index (χ3v) is 3.73. The molecule has 7 nitrogen and oxygen atoms in total. The first kappa shape index (κ1) is 13.6. The number of fused-ring (bicyclic) bond motifs is 2. The fourth-order valence-electron chi connectivity index (χ4n) is 2.76. The van der Waals surface area contributed by atoms with Crippen molar-refractivity contribution in [2.24, 2.45) is 0 Å². The Kier molecular flexibility index (Phi) is 3.34. The van der Waals surface area contributed by atoms with Crippen molar-refractivity contribution in [3.63, 3.8) is 0 Å². The van der Waals surface area contributed by atoms with Crippen molar-refractivity contribution in [1.29, 1.82) is 0 Å². The van der Waals surface area contributed by atoms with Gasteiger partial charge < -0.3 is 4.74 Å². The largest absolute Gasteiger partial charge is 0.418 e. The van der Waals surface area contributed by atoms with Crippen molar-refractivity contribution >= 4 is 18.0 Å². The number of hydrogen-bond donors (Lipinski definition) is 0. The van der Waals surface area contributed by atoms with Crippen molar-refractivity contribution in [1.82, 2.24) is 9.96 Å². The van der Waals surface area contributed by atoms with E-state index in [4.69, 9.17) is 9.57 Å². The average Bonchev–Trinajstić information content (AvgIpc) is 3.05. The van der Waals surface area contributed by atoms with Gasteiger partial charge in [0.15, 0.2) is 0 Å². The summed E-state index contributed by atoms with van der Waals surface area (Å²) in [5.41, 5.74) is 0.292. The summed E-state index contributed by atoms with van der Waals surface area (Å²) >= 11 is 0. The summed E-state index contributed by atoms with van der Waals surface area (Å²) in [6, 6.07) is 7.46. The van der Waals surface area contributed by atoms with E-state index in [0.717, 1.165) is 0 Å². The summed E-state index contributed by atoms with van der Waals surface area (Å²) in [4.78, 5) is 42.1. The van der Waals surface area contributed by atoms with Crippen LogP contribution in [0, 0.1) is 0 Å². The third kappa shape index (κ3) is 2.25. The SMILES string of the molecule is CON1C(=O)C2C[C@H]1CN2C(=O)OC(=O)c1ccccc1. The Balaban J connectivity index is 1.66. The van der Waals surface area contributed by atoms with E-state index in [2.05, 4.69) is 0 Å². The van der Waals surface area contributed by atoms with Crippen LogP contribution in [0.2, 0.25) is 0 Å². The lowest BCUT2D eigenvalue weighted by atomic mass is 10.2. The van der Waals surface area contributed by atoms with Gasteiger partial charge in [0.25, 0.3) is 5.91 Å². The lowest BCUT2D eigenvalue weighted by molar-refractivity contribution is -0.186. The number of carbonyl (C=O) groups is 3. The predicted molar refractivity (Wildman–Crippen MR) is 70.0 cm³/mol. The molecule has 7 heteroatoms. The zero-order chi connectivity index (χ0) is 15.0. The van der Waals surface area contributed by atoms with E-state index in [9.17, 15) is 14.4 Å². The minimum Gasteiger partial charge on any atom is -0.372 e. The van der Waals surface area contributed by atoms with E-state index in [-0.39, 0.29) is 11.9 Å². The maximum Gasteiger partial charge on any atom is 0.418 e. The maximum atomic E-state index is 12.0. The highest BCUT2D eigenvalue weighted by Crippen LogP contribution is 2.32. The van der Waals surface area contributed by atoms with Gasteiger partial charge in [0, 0.05) is 13.0 Å². The van der Waals surface area contributed by atoms with Crippen LogP contribution in [0.15, 0.2) is 30.3 Å². The van der Waals surface area contributed by atoms with Crippen LogP contribution in [0.5, 0.6) is 0 Å². The first-order chi connectivity index (χ1) is 10.1. The smallest absolute Gasteiger partial charge is 0.372 e. The summed E-state index contributed by atoms with van der Waals surface area (Å²) in [5.74, 6) is -1.00. The molecule has 0 saturated carbocycles. The van der Waals surface area contributed by atoms with Crippen LogP contribution < -0.4 is 0 Å². The second-order valence-corrected chi connectivity index (χ2v) is 4.93. The Hall–Kier alpha value is -2.41. The van der Waals surface area contributed by atoms with Crippen LogP contribution in [-0.4, -0.2) is 53.7 Å². The zero-order valence-corrected chi connectivity index (χ0v) is 11.4. The van der Waals surface area contributed by atoms with Crippen LogP contribution in [0.25, 0.3) is 0 Å². The number of hydrogen-bond acceptors (Lipinski definition) is 5. The molecule has 3 rings (SSSR count). The molecule has 2 atom stereocenters. The highest BCUT2D eigenvalue weighted by molar-refractivity contribution is 5.98. The Morgan fingerprint density at radius 3 is 2.57 bits per heavy atom. The van der Waals surface area contributed by atoms with E-state index in [1.54, 1.807) is 30.3 Å². The van der Waals surface area contributed by atoms with E-state index in [0.29, 0.717) is 18.5 Å². The van der Waals surface area contributed by atoms with Crippen LogP contribution in [0.4, 0.5) is 4.79 Å². The molecule has 21 heavy (non-hydrogen) atoms. The molecule has 0 aromatic heterocycles. The van der Waals surface area contributed by atoms with Gasteiger partial charge in [-0.1, -0.05) is 18.2 Å². The van der Waals surface area contributed by atoms with Gasteiger partial charge in [-0.25, -0.2) is 14.7 Å². The number of piperazine rings is 1. The number of amides is 2. The Morgan fingerprint density at radius 1 is 1.24 bits per heavy atom. The molecule has 2 saturated heterocycles. The van der Waals surface area contributed by atoms with Crippen molar-refractivity contribution in [2.75, 3.05) is 13.7 Å². The maximum absolute atomic E-state index is 12.0. The fraction of sp³-hybridized carbons (Fsp3) is 0.357. The molecule has 0 radical (unpaired) electrons. The van der Waals surface area contributed by atoms with E-state index in [1.165, 1.54) is 17.1 Å². The van der Waals surface area contributed by atoms with Gasteiger partial charge in [0.1, 0.15) is 6.04 Å². The number of rotatable bonds is 2. The predicted octanol–water partition coefficient (Wildman–Crippen LogP) is 0.810. The number of likely N-dealkylation sites (tertiary alicyclic amines) is 1. The van der Waals surface area contributed by atoms with Crippen LogP contribution in [0.1, 0.15) is 16.8 Å². The third-order valence-electron chi connectivity index (χ3n) is 3.73. The van der Waals surface area contributed by atoms with Gasteiger partial charge in [0.05, 0.1) is 18.7 Å². The van der Waals surface area contributed by atoms with Crippen molar-refractivity contribution < 1.29 is 24.0 Å². The molecule has 2 aliphatic rings. The number of carbonyl (C=O) groups excluding carboxylic acids is 3. The standard InChI is InChI=1S/C14H14N2O5/c1-20-16-10-7-11(12(16)17)15(8-10)14(19)21-13(18)9-5-3-2-4-6-9/h2-6,10-11H,7-8H2,1H3/t10-,11?/m0/s1. The van der Waals surface area contributed by atoms with Crippen molar-refractivity contribution in [2.45, 2.75) is 18.5 Å².